The summed E-state index contributed by atoms with van der Waals surface area (Å²) in [6.07, 6.45) is 2.44. The van der Waals surface area contributed by atoms with Crippen molar-refractivity contribution in [2.45, 2.75) is 45.3 Å². The monoisotopic (exact) mass is 248 g/mol. The third kappa shape index (κ3) is 3.72. The van der Waals surface area contributed by atoms with E-state index < -0.39 is 0 Å². The molecule has 1 aromatic carbocycles. The van der Waals surface area contributed by atoms with Gasteiger partial charge < -0.3 is 15.3 Å². The molecule has 3 nitrogen and oxygen atoms in total. The minimum atomic E-state index is 0.351. The number of benzene rings is 1. The van der Waals surface area contributed by atoms with Gasteiger partial charge >= 0.3 is 0 Å². The molecule has 3 heteroatoms. The molecule has 1 saturated heterocycles. The number of nitrogens with one attached hydrogen (secondary N) is 1. The Morgan fingerprint density at radius 1 is 1.33 bits per heavy atom. The molecule has 0 amide bonds. The van der Waals surface area contributed by atoms with Crippen molar-refractivity contribution in [3.8, 4) is 5.75 Å². The molecule has 100 valence electrons. The van der Waals surface area contributed by atoms with Crippen LogP contribution >= 0.6 is 0 Å². The van der Waals surface area contributed by atoms with Crippen LogP contribution in [0.15, 0.2) is 24.3 Å². The molecule has 1 heterocycles. The fraction of sp³-hybridized carbons (Fsp3) is 0.600. The van der Waals surface area contributed by atoms with Crippen molar-refractivity contribution in [3.05, 3.63) is 29.8 Å². The Bertz CT molecular complexity index is 371. The zero-order valence-electron chi connectivity index (χ0n) is 11.4. The molecule has 0 spiro atoms. The zero-order chi connectivity index (χ0) is 13.0. The number of piperidine rings is 1. The molecule has 2 rings (SSSR count). The van der Waals surface area contributed by atoms with Gasteiger partial charge in [0.05, 0.1) is 0 Å². The molecule has 0 unspecified atom stereocenters. The van der Waals surface area contributed by atoms with Gasteiger partial charge in [-0.25, -0.2) is 0 Å². The van der Waals surface area contributed by atoms with Gasteiger partial charge in [0, 0.05) is 18.6 Å². The van der Waals surface area contributed by atoms with Gasteiger partial charge in [-0.05, 0) is 57.5 Å². The third-order valence-electron chi connectivity index (χ3n) is 3.77. The molecule has 1 aliphatic heterocycles. The third-order valence-corrected chi connectivity index (χ3v) is 3.77. The van der Waals surface area contributed by atoms with Gasteiger partial charge in [-0.15, -0.1) is 0 Å². The SMILES string of the molecule is CC(C)N1CCC(NCc2cccc(O)c2)CC1. The smallest absolute Gasteiger partial charge is 0.115 e. The Hall–Kier alpha value is -1.06. The number of aromatic hydroxyl groups is 1. The number of hydrogen-bond acceptors (Lipinski definition) is 3. The molecule has 0 saturated carbocycles. The Morgan fingerprint density at radius 3 is 2.67 bits per heavy atom. The maximum Gasteiger partial charge on any atom is 0.115 e. The summed E-state index contributed by atoms with van der Waals surface area (Å²) < 4.78 is 0. The van der Waals surface area contributed by atoms with Crippen LogP contribution in [0.3, 0.4) is 0 Å². The van der Waals surface area contributed by atoms with Crippen molar-refractivity contribution in [3.63, 3.8) is 0 Å². The lowest BCUT2D eigenvalue weighted by molar-refractivity contribution is 0.161. The van der Waals surface area contributed by atoms with E-state index in [4.69, 9.17) is 0 Å². The van der Waals surface area contributed by atoms with Crippen LogP contribution < -0.4 is 5.32 Å². The highest BCUT2D eigenvalue weighted by molar-refractivity contribution is 5.26. The molecule has 1 aliphatic rings. The van der Waals surface area contributed by atoms with E-state index >= 15 is 0 Å². The van der Waals surface area contributed by atoms with Crippen LogP contribution in [-0.2, 0) is 6.54 Å². The van der Waals surface area contributed by atoms with Gasteiger partial charge in [0.1, 0.15) is 5.75 Å². The molecule has 18 heavy (non-hydrogen) atoms. The summed E-state index contributed by atoms with van der Waals surface area (Å²) in [7, 11) is 0. The normalized spacial score (nSPS) is 18.4. The van der Waals surface area contributed by atoms with Gasteiger partial charge in [-0.2, -0.15) is 0 Å². The second kappa shape index (κ2) is 6.21. The fourth-order valence-electron chi connectivity index (χ4n) is 2.55. The Kier molecular flexibility index (Phi) is 4.61. The van der Waals surface area contributed by atoms with Crippen molar-refractivity contribution < 1.29 is 5.11 Å². The fourth-order valence-corrected chi connectivity index (χ4v) is 2.55. The predicted octanol–water partition coefficient (Wildman–Crippen LogP) is 2.35. The average molecular weight is 248 g/mol. The Balaban J connectivity index is 1.75. The molecule has 0 aliphatic carbocycles. The lowest BCUT2D eigenvalue weighted by Crippen LogP contribution is -2.44. The number of nitrogens with zero attached hydrogens (tertiary/aromatic N) is 1. The van der Waals surface area contributed by atoms with E-state index in [0.717, 1.165) is 12.1 Å². The van der Waals surface area contributed by atoms with Crippen molar-refractivity contribution in [2.24, 2.45) is 0 Å². The van der Waals surface area contributed by atoms with E-state index in [2.05, 4.69) is 30.1 Å². The molecule has 1 fully saturated rings. The summed E-state index contributed by atoms with van der Waals surface area (Å²) in [4.78, 5) is 2.53. The second-order valence-corrected chi connectivity index (χ2v) is 5.45. The van der Waals surface area contributed by atoms with Gasteiger partial charge in [0.15, 0.2) is 0 Å². The number of phenols is 1. The first-order valence-corrected chi connectivity index (χ1v) is 6.90. The minimum Gasteiger partial charge on any atom is -0.508 e. The lowest BCUT2D eigenvalue weighted by Gasteiger charge is -2.35. The molecule has 1 aromatic rings. The van der Waals surface area contributed by atoms with Crippen LogP contribution in [0.4, 0.5) is 0 Å². The first kappa shape index (κ1) is 13.4. The zero-order valence-corrected chi connectivity index (χ0v) is 11.4. The van der Waals surface area contributed by atoms with Crippen LogP contribution in [0.2, 0.25) is 0 Å². The molecule has 2 N–H and O–H groups in total. The van der Waals surface area contributed by atoms with Crippen LogP contribution in [0, 0.1) is 0 Å². The first-order chi connectivity index (χ1) is 8.65. The molecule has 0 aromatic heterocycles. The number of phenolic OH excluding ortho intramolecular Hbond substituents is 1. The lowest BCUT2D eigenvalue weighted by atomic mass is 10.0. The maximum atomic E-state index is 9.41. The van der Waals surface area contributed by atoms with Gasteiger partial charge in [-0.1, -0.05) is 12.1 Å². The van der Waals surface area contributed by atoms with Crippen molar-refractivity contribution >= 4 is 0 Å². The Labute approximate surface area is 110 Å². The molecular weight excluding hydrogens is 224 g/mol. The van der Waals surface area contributed by atoms with E-state index in [1.165, 1.54) is 25.9 Å². The molecular formula is C15H24N2O. The summed E-state index contributed by atoms with van der Waals surface area (Å²) >= 11 is 0. The van der Waals surface area contributed by atoms with Crippen molar-refractivity contribution in [1.29, 1.82) is 0 Å². The van der Waals surface area contributed by atoms with E-state index in [1.807, 2.05) is 12.1 Å². The predicted molar refractivity (Wildman–Crippen MR) is 74.7 cm³/mol. The summed E-state index contributed by atoms with van der Waals surface area (Å²) in [6.45, 7) is 7.76. The maximum absolute atomic E-state index is 9.41. The number of rotatable bonds is 4. The quantitative estimate of drug-likeness (QED) is 0.858. The van der Waals surface area contributed by atoms with Crippen LogP contribution in [0.1, 0.15) is 32.3 Å². The summed E-state index contributed by atoms with van der Waals surface area (Å²) in [6, 6.07) is 8.77. The molecule has 0 radical (unpaired) electrons. The average Bonchev–Trinajstić information content (AvgIpc) is 2.37. The standard InChI is InChI=1S/C15H24N2O/c1-12(2)17-8-6-14(7-9-17)16-11-13-4-3-5-15(18)10-13/h3-5,10,12,14,16,18H,6-9,11H2,1-2H3. The second-order valence-electron chi connectivity index (χ2n) is 5.45. The number of likely N-dealkylation sites (tertiary alicyclic amines) is 1. The van der Waals surface area contributed by atoms with Gasteiger partial charge in [-0.3, -0.25) is 0 Å². The summed E-state index contributed by atoms with van der Waals surface area (Å²) in [5.41, 5.74) is 1.15. The van der Waals surface area contributed by atoms with E-state index in [0.29, 0.717) is 17.8 Å². The summed E-state index contributed by atoms with van der Waals surface area (Å²) in [5, 5.41) is 13.0. The molecule has 0 atom stereocenters. The summed E-state index contributed by atoms with van der Waals surface area (Å²) in [5.74, 6) is 0.351. The van der Waals surface area contributed by atoms with Crippen molar-refractivity contribution in [2.75, 3.05) is 13.1 Å². The highest BCUT2D eigenvalue weighted by Crippen LogP contribution is 2.15. The minimum absolute atomic E-state index is 0.351. The van der Waals surface area contributed by atoms with E-state index in [1.54, 1.807) is 6.07 Å². The van der Waals surface area contributed by atoms with E-state index in [-0.39, 0.29) is 0 Å². The van der Waals surface area contributed by atoms with Gasteiger partial charge in [0.2, 0.25) is 0 Å². The van der Waals surface area contributed by atoms with Gasteiger partial charge in [0.25, 0.3) is 0 Å². The highest BCUT2D eigenvalue weighted by atomic mass is 16.3. The van der Waals surface area contributed by atoms with Crippen molar-refractivity contribution in [1.82, 2.24) is 10.2 Å². The highest BCUT2D eigenvalue weighted by Gasteiger charge is 2.20. The van der Waals surface area contributed by atoms with Crippen LogP contribution in [-0.4, -0.2) is 35.2 Å². The number of hydrogen-bond donors (Lipinski definition) is 2. The Morgan fingerprint density at radius 2 is 2.06 bits per heavy atom. The van der Waals surface area contributed by atoms with Crippen LogP contribution in [0.25, 0.3) is 0 Å². The van der Waals surface area contributed by atoms with E-state index in [9.17, 15) is 5.11 Å². The topological polar surface area (TPSA) is 35.5 Å². The first-order valence-electron chi connectivity index (χ1n) is 6.90. The largest absolute Gasteiger partial charge is 0.508 e. The van der Waals surface area contributed by atoms with Crippen LogP contribution in [0.5, 0.6) is 5.75 Å². The molecule has 0 bridgehead atoms.